The van der Waals surface area contributed by atoms with E-state index in [1.165, 1.54) is 12.1 Å². The van der Waals surface area contributed by atoms with Gasteiger partial charge < -0.3 is 10.2 Å². The van der Waals surface area contributed by atoms with Crippen molar-refractivity contribution >= 4 is 17.6 Å². The number of carbonyl (C=O) groups is 2. The van der Waals surface area contributed by atoms with Gasteiger partial charge in [-0.2, -0.15) is 5.10 Å². The smallest absolute Gasteiger partial charge is 0.325 e. The van der Waals surface area contributed by atoms with Crippen LogP contribution in [0.25, 0.3) is 0 Å². The summed E-state index contributed by atoms with van der Waals surface area (Å²) in [6.45, 7) is -0.443. The Hall–Kier alpha value is -2.37. The average Bonchev–Trinajstić information content (AvgIpc) is 2.59. The van der Waals surface area contributed by atoms with Crippen molar-refractivity contribution in [3.8, 4) is 5.75 Å². The minimum Gasteiger partial charge on any atom is -0.508 e. The highest BCUT2D eigenvalue weighted by Crippen LogP contribution is 2.18. The molecule has 0 atom stereocenters. The van der Waals surface area contributed by atoms with Gasteiger partial charge in [0.1, 0.15) is 12.3 Å². The molecule has 1 aliphatic heterocycles. The molecular formula is C11H10N2O4. The molecule has 1 aromatic carbocycles. The second-order valence-corrected chi connectivity index (χ2v) is 3.62. The quantitative estimate of drug-likeness (QED) is 0.792. The molecule has 0 bridgehead atoms. The summed E-state index contributed by atoms with van der Waals surface area (Å²) in [7, 11) is 0. The van der Waals surface area contributed by atoms with Gasteiger partial charge in [-0.1, -0.05) is 12.1 Å². The van der Waals surface area contributed by atoms with Crippen molar-refractivity contribution in [2.75, 3.05) is 6.54 Å². The lowest BCUT2D eigenvalue weighted by molar-refractivity contribution is -0.143. The lowest BCUT2D eigenvalue weighted by Gasteiger charge is -2.06. The predicted octanol–water partition coefficient (Wildman–Crippen LogP) is 0.413. The summed E-state index contributed by atoms with van der Waals surface area (Å²) in [6, 6.07) is 6.33. The Kier molecular flexibility index (Phi) is 2.78. The van der Waals surface area contributed by atoms with Crippen molar-refractivity contribution in [1.29, 1.82) is 0 Å². The first-order valence-corrected chi connectivity index (χ1v) is 4.95. The number of benzene rings is 1. The Morgan fingerprint density at radius 3 is 2.88 bits per heavy atom. The summed E-state index contributed by atoms with van der Waals surface area (Å²) in [5.74, 6) is -1.39. The average molecular weight is 234 g/mol. The maximum absolute atomic E-state index is 11.5. The van der Waals surface area contributed by atoms with Crippen molar-refractivity contribution in [3.05, 3.63) is 29.8 Å². The second kappa shape index (κ2) is 4.25. The van der Waals surface area contributed by atoms with Gasteiger partial charge in [-0.3, -0.25) is 9.59 Å². The highest BCUT2D eigenvalue weighted by molar-refractivity contribution is 6.14. The van der Waals surface area contributed by atoms with Crippen LogP contribution >= 0.6 is 0 Å². The Morgan fingerprint density at radius 1 is 1.47 bits per heavy atom. The molecule has 0 radical (unpaired) electrons. The first-order chi connectivity index (χ1) is 8.06. The molecule has 0 saturated heterocycles. The van der Waals surface area contributed by atoms with E-state index in [4.69, 9.17) is 5.11 Å². The summed E-state index contributed by atoms with van der Waals surface area (Å²) < 4.78 is 0. The van der Waals surface area contributed by atoms with Crippen LogP contribution < -0.4 is 0 Å². The number of aliphatic carboxylic acids is 1. The van der Waals surface area contributed by atoms with Crippen LogP contribution in [0.1, 0.15) is 12.0 Å². The van der Waals surface area contributed by atoms with Crippen molar-refractivity contribution in [2.24, 2.45) is 5.10 Å². The minimum atomic E-state index is -1.11. The summed E-state index contributed by atoms with van der Waals surface area (Å²) in [5, 5.41) is 22.7. The minimum absolute atomic E-state index is 0.0523. The van der Waals surface area contributed by atoms with Gasteiger partial charge in [0.25, 0.3) is 0 Å². The van der Waals surface area contributed by atoms with E-state index in [-0.39, 0.29) is 18.1 Å². The molecule has 0 saturated carbocycles. The lowest BCUT2D eigenvalue weighted by atomic mass is 10.1. The topological polar surface area (TPSA) is 90.2 Å². The number of phenolic OH excluding ortho intramolecular Hbond substituents is 1. The van der Waals surface area contributed by atoms with Gasteiger partial charge in [-0.25, -0.2) is 5.01 Å². The Morgan fingerprint density at radius 2 is 2.24 bits per heavy atom. The monoisotopic (exact) mass is 234 g/mol. The molecule has 88 valence electrons. The zero-order chi connectivity index (χ0) is 12.4. The van der Waals surface area contributed by atoms with Crippen LogP contribution in [0.4, 0.5) is 0 Å². The van der Waals surface area contributed by atoms with E-state index >= 15 is 0 Å². The zero-order valence-electron chi connectivity index (χ0n) is 8.83. The third-order valence-corrected chi connectivity index (χ3v) is 2.31. The maximum Gasteiger partial charge on any atom is 0.325 e. The maximum atomic E-state index is 11.5. The Bertz CT molecular complexity index is 510. The highest BCUT2D eigenvalue weighted by atomic mass is 16.4. The molecule has 1 heterocycles. The SMILES string of the molecule is O=C(O)CN1N=C(c2cccc(O)c2)CC1=O. The molecular weight excluding hydrogens is 224 g/mol. The third kappa shape index (κ3) is 2.41. The van der Waals surface area contributed by atoms with Crippen LogP contribution in [-0.2, 0) is 9.59 Å². The molecule has 17 heavy (non-hydrogen) atoms. The third-order valence-electron chi connectivity index (χ3n) is 2.31. The standard InChI is InChI=1S/C11H10N2O4/c14-8-3-1-2-7(4-8)9-5-10(15)13(12-9)6-11(16)17/h1-4,14H,5-6H2,(H,16,17). The largest absolute Gasteiger partial charge is 0.508 e. The number of amides is 1. The number of rotatable bonds is 3. The number of aromatic hydroxyl groups is 1. The van der Waals surface area contributed by atoms with E-state index in [1.54, 1.807) is 12.1 Å². The summed E-state index contributed by atoms with van der Waals surface area (Å²) >= 11 is 0. The number of hydrazone groups is 1. The molecule has 1 amide bonds. The molecule has 6 heteroatoms. The molecule has 2 N–H and O–H groups in total. The van der Waals surface area contributed by atoms with E-state index in [0.29, 0.717) is 11.3 Å². The van der Waals surface area contributed by atoms with Crippen LogP contribution in [0.2, 0.25) is 0 Å². The summed E-state index contributed by atoms with van der Waals surface area (Å²) in [5.41, 5.74) is 1.08. The second-order valence-electron chi connectivity index (χ2n) is 3.62. The van der Waals surface area contributed by atoms with Crippen LogP contribution in [0.15, 0.2) is 29.4 Å². The van der Waals surface area contributed by atoms with Crippen LogP contribution in [0.5, 0.6) is 5.75 Å². The van der Waals surface area contributed by atoms with Crippen LogP contribution in [0, 0.1) is 0 Å². The molecule has 2 rings (SSSR count). The molecule has 1 aromatic rings. The number of carboxylic acid groups (broad SMARTS) is 1. The normalized spacial score (nSPS) is 14.9. The van der Waals surface area contributed by atoms with Gasteiger partial charge in [0.2, 0.25) is 5.91 Å². The molecule has 0 unspecified atom stereocenters. The zero-order valence-corrected chi connectivity index (χ0v) is 8.83. The first-order valence-electron chi connectivity index (χ1n) is 4.95. The van der Waals surface area contributed by atoms with Crippen molar-refractivity contribution < 1.29 is 19.8 Å². The molecule has 0 aromatic heterocycles. The number of carbonyl (C=O) groups excluding carboxylic acids is 1. The fourth-order valence-corrected chi connectivity index (χ4v) is 1.57. The fourth-order valence-electron chi connectivity index (χ4n) is 1.57. The number of phenols is 1. The molecule has 6 nitrogen and oxygen atoms in total. The van der Waals surface area contributed by atoms with E-state index in [2.05, 4.69) is 5.10 Å². The van der Waals surface area contributed by atoms with Gasteiger partial charge in [0.05, 0.1) is 12.1 Å². The van der Waals surface area contributed by atoms with Crippen molar-refractivity contribution in [3.63, 3.8) is 0 Å². The fraction of sp³-hybridized carbons (Fsp3) is 0.182. The Balaban J connectivity index is 2.23. The molecule has 0 aliphatic carbocycles. The van der Waals surface area contributed by atoms with Gasteiger partial charge >= 0.3 is 5.97 Å². The Labute approximate surface area is 96.8 Å². The molecule has 0 fully saturated rings. The van der Waals surface area contributed by atoms with Crippen molar-refractivity contribution in [1.82, 2.24) is 5.01 Å². The number of hydrogen-bond acceptors (Lipinski definition) is 4. The van der Waals surface area contributed by atoms with E-state index < -0.39 is 12.5 Å². The summed E-state index contributed by atoms with van der Waals surface area (Å²) in [4.78, 5) is 22.0. The van der Waals surface area contributed by atoms with E-state index in [0.717, 1.165) is 5.01 Å². The highest BCUT2D eigenvalue weighted by Gasteiger charge is 2.26. The number of carboxylic acids is 1. The van der Waals surface area contributed by atoms with Gasteiger partial charge in [-0.15, -0.1) is 0 Å². The molecule has 1 aliphatic rings. The van der Waals surface area contributed by atoms with Gasteiger partial charge in [0.15, 0.2) is 0 Å². The van der Waals surface area contributed by atoms with Crippen LogP contribution in [0.3, 0.4) is 0 Å². The lowest BCUT2D eigenvalue weighted by Crippen LogP contribution is -2.27. The number of nitrogens with zero attached hydrogens (tertiary/aromatic N) is 2. The van der Waals surface area contributed by atoms with Gasteiger partial charge in [-0.05, 0) is 12.1 Å². The number of hydrogen-bond donors (Lipinski definition) is 2. The van der Waals surface area contributed by atoms with E-state index in [1.807, 2.05) is 0 Å². The van der Waals surface area contributed by atoms with Crippen LogP contribution in [-0.4, -0.2) is 39.4 Å². The van der Waals surface area contributed by atoms with E-state index in [9.17, 15) is 14.7 Å². The predicted molar refractivity (Wildman–Crippen MR) is 58.6 cm³/mol. The molecule has 0 spiro atoms. The van der Waals surface area contributed by atoms with Crippen molar-refractivity contribution in [2.45, 2.75) is 6.42 Å². The van der Waals surface area contributed by atoms with Gasteiger partial charge in [0, 0.05) is 5.56 Å². The summed E-state index contributed by atoms with van der Waals surface area (Å²) in [6.07, 6.45) is 0.0523. The first kappa shape index (κ1) is 11.1.